The van der Waals surface area contributed by atoms with Gasteiger partial charge in [0, 0.05) is 0 Å². The highest BCUT2D eigenvalue weighted by Gasteiger charge is 2.04. The van der Waals surface area contributed by atoms with Crippen molar-refractivity contribution in [2.75, 3.05) is 16.8 Å². The molecule has 2 aromatic rings. The van der Waals surface area contributed by atoms with Gasteiger partial charge in [-0.15, -0.1) is 0 Å². The average Bonchev–Trinajstić information content (AvgIpc) is 2.29. The molecule has 0 fully saturated rings. The van der Waals surface area contributed by atoms with Crippen LogP contribution in [0.2, 0.25) is 5.02 Å². The molecule has 17 heavy (non-hydrogen) atoms. The molecule has 0 saturated carbocycles. The maximum Gasteiger partial charge on any atom is 0.149 e. The molecular weight excluding hydrogens is 243 g/mol. The van der Waals surface area contributed by atoms with E-state index in [-0.39, 0.29) is 11.6 Å². The molecule has 88 valence electrons. The van der Waals surface area contributed by atoms with Crippen molar-refractivity contribution in [3.63, 3.8) is 0 Å². The summed E-state index contributed by atoms with van der Waals surface area (Å²) in [5.74, 6) is 0.270. The zero-order chi connectivity index (χ0) is 12.4. The molecule has 0 saturated heterocycles. The van der Waals surface area contributed by atoms with Crippen molar-refractivity contribution in [2.45, 2.75) is 0 Å². The highest BCUT2D eigenvalue weighted by atomic mass is 35.5. The topological polar surface area (TPSA) is 77.0 Å². The number of hydrogen-bond donors (Lipinski definition) is 3. The van der Waals surface area contributed by atoms with Crippen molar-refractivity contribution in [2.24, 2.45) is 0 Å². The van der Waals surface area contributed by atoms with Gasteiger partial charge < -0.3 is 16.8 Å². The standard InChI is InChI=1S/C11H10ClFN4/c12-7-2-1-6(13)5-9(7)16-10-4-3-8(14)11(15)17-10/h1-5H,14H2,(H3,15,16,17). The Morgan fingerprint density at radius 2 is 1.94 bits per heavy atom. The van der Waals surface area contributed by atoms with Crippen molar-refractivity contribution < 1.29 is 4.39 Å². The van der Waals surface area contributed by atoms with E-state index in [1.165, 1.54) is 18.2 Å². The number of halogens is 2. The maximum atomic E-state index is 13.0. The van der Waals surface area contributed by atoms with Crippen molar-refractivity contribution in [3.8, 4) is 0 Å². The van der Waals surface area contributed by atoms with Gasteiger partial charge in [0.1, 0.15) is 17.5 Å². The molecule has 1 heterocycles. The van der Waals surface area contributed by atoms with Gasteiger partial charge in [-0.1, -0.05) is 11.6 Å². The van der Waals surface area contributed by atoms with Crippen LogP contribution in [0.4, 0.5) is 27.4 Å². The zero-order valence-corrected chi connectivity index (χ0v) is 9.50. The molecule has 1 aromatic carbocycles. The van der Waals surface area contributed by atoms with E-state index < -0.39 is 0 Å². The zero-order valence-electron chi connectivity index (χ0n) is 8.74. The maximum absolute atomic E-state index is 13.0. The fraction of sp³-hybridized carbons (Fsp3) is 0. The Morgan fingerprint density at radius 3 is 2.65 bits per heavy atom. The molecule has 0 amide bonds. The van der Waals surface area contributed by atoms with Gasteiger partial charge in [0.2, 0.25) is 0 Å². The third-order valence-corrected chi connectivity index (χ3v) is 2.48. The van der Waals surface area contributed by atoms with Gasteiger partial charge >= 0.3 is 0 Å². The van der Waals surface area contributed by atoms with Crippen molar-refractivity contribution >= 4 is 34.6 Å². The normalized spacial score (nSPS) is 10.2. The van der Waals surface area contributed by atoms with Crippen LogP contribution in [0.3, 0.4) is 0 Å². The Hall–Kier alpha value is -2.01. The molecule has 6 heteroatoms. The van der Waals surface area contributed by atoms with Crippen LogP contribution in [0.15, 0.2) is 30.3 Å². The number of rotatable bonds is 2. The van der Waals surface area contributed by atoms with E-state index in [2.05, 4.69) is 10.3 Å². The monoisotopic (exact) mass is 252 g/mol. The van der Waals surface area contributed by atoms with E-state index in [1.54, 1.807) is 12.1 Å². The minimum Gasteiger partial charge on any atom is -0.396 e. The fourth-order valence-corrected chi connectivity index (χ4v) is 1.45. The summed E-state index contributed by atoms with van der Waals surface area (Å²) in [6.07, 6.45) is 0. The van der Waals surface area contributed by atoms with Gasteiger partial charge in [-0.25, -0.2) is 9.37 Å². The quantitative estimate of drug-likeness (QED) is 0.768. The van der Waals surface area contributed by atoms with Crippen LogP contribution < -0.4 is 16.8 Å². The highest BCUT2D eigenvalue weighted by Crippen LogP contribution is 2.26. The summed E-state index contributed by atoms with van der Waals surface area (Å²) >= 11 is 5.90. The molecule has 0 aliphatic heterocycles. The number of hydrogen-bond acceptors (Lipinski definition) is 4. The second-order valence-electron chi connectivity index (χ2n) is 3.42. The fourth-order valence-electron chi connectivity index (χ4n) is 1.29. The lowest BCUT2D eigenvalue weighted by Gasteiger charge is -2.09. The van der Waals surface area contributed by atoms with Gasteiger partial charge in [-0.05, 0) is 30.3 Å². The summed E-state index contributed by atoms with van der Waals surface area (Å²) in [5, 5.41) is 3.25. The minimum absolute atomic E-state index is 0.211. The third kappa shape index (κ3) is 2.57. The molecule has 0 atom stereocenters. The summed E-state index contributed by atoms with van der Waals surface area (Å²) < 4.78 is 13.0. The molecule has 0 aliphatic rings. The summed E-state index contributed by atoms with van der Waals surface area (Å²) in [6, 6.07) is 7.25. The predicted molar refractivity (Wildman–Crippen MR) is 67.8 cm³/mol. The van der Waals surface area contributed by atoms with Crippen LogP contribution in [0.5, 0.6) is 0 Å². The van der Waals surface area contributed by atoms with Gasteiger partial charge in [0.15, 0.2) is 0 Å². The number of pyridine rings is 1. The molecule has 0 spiro atoms. The third-order valence-electron chi connectivity index (χ3n) is 2.15. The Balaban J connectivity index is 2.31. The van der Waals surface area contributed by atoms with Crippen LogP contribution >= 0.6 is 11.6 Å². The number of aromatic nitrogens is 1. The Kier molecular flexibility index (Phi) is 3.01. The first-order chi connectivity index (χ1) is 8.06. The van der Waals surface area contributed by atoms with E-state index >= 15 is 0 Å². The SMILES string of the molecule is Nc1ccc(Nc2cc(F)ccc2Cl)nc1N. The lowest BCUT2D eigenvalue weighted by Crippen LogP contribution is -2.01. The number of nitrogen functional groups attached to an aromatic ring is 2. The number of benzene rings is 1. The first kappa shape index (κ1) is 11.5. The van der Waals surface area contributed by atoms with Crippen LogP contribution in [0.1, 0.15) is 0 Å². The number of nitrogens with two attached hydrogens (primary N) is 2. The Morgan fingerprint density at radius 1 is 1.18 bits per heavy atom. The second kappa shape index (κ2) is 4.47. The predicted octanol–water partition coefficient (Wildman–Crippen LogP) is 2.78. The van der Waals surface area contributed by atoms with Crippen LogP contribution in [-0.2, 0) is 0 Å². The molecular formula is C11H10ClFN4. The van der Waals surface area contributed by atoms with Gasteiger partial charge in [0.25, 0.3) is 0 Å². The van der Waals surface area contributed by atoms with E-state index in [9.17, 15) is 4.39 Å². The lowest BCUT2D eigenvalue weighted by atomic mass is 10.3. The van der Waals surface area contributed by atoms with E-state index in [4.69, 9.17) is 23.1 Å². The van der Waals surface area contributed by atoms with Crippen LogP contribution in [-0.4, -0.2) is 4.98 Å². The number of nitrogens with zero attached hydrogens (tertiary/aromatic N) is 1. The summed E-state index contributed by atoms with van der Waals surface area (Å²) in [7, 11) is 0. The molecule has 2 rings (SSSR count). The van der Waals surface area contributed by atoms with Crippen LogP contribution in [0.25, 0.3) is 0 Å². The molecule has 4 nitrogen and oxygen atoms in total. The Bertz CT molecular complexity index is 559. The smallest absolute Gasteiger partial charge is 0.149 e. The molecule has 0 aliphatic carbocycles. The van der Waals surface area contributed by atoms with Crippen molar-refractivity contribution in [1.82, 2.24) is 4.98 Å². The minimum atomic E-state index is -0.389. The number of anilines is 4. The molecule has 0 bridgehead atoms. The van der Waals surface area contributed by atoms with Crippen molar-refractivity contribution in [3.05, 3.63) is 41.2 Å². The van der Waals surface area contributed by atoms with Gasteiger partial charge in [-0.2, -0.15) is 0 Å². The molecule has 1 aromatic heterocycles. The van der Waals surface area contributed by atoms with Gasteiger partial charge in [0.05, 0.1) is 16.4 Å². The van der Waals surface area contributed by atoms with E-state index in [0.29, 0.717) is 22.2 Å². The van der Waals surface area contributed by atoms with Crippen molar-refractivity contribution in [1.29, 1.82) is 0 Å². The largest absolute Gasteiger partial charge is 0.396 e. The molecule has 0 radical (unpaired) electrons. The summed E-state index contributed by atoms with van der Waals surface area (Å²) in [5.41, 5.74) is 11.9. The highest BCUT2D eigenvalue weighted by molar-refractivity contribution is 6.33. The first-order valence-corrected chi connectivity index (χ1v) is 5.18. The van der Waals surface area contributed by atoms with Crippen LogP contribution in [0, 0.1) is 5.82 Å². The molecule has 0 unspecified atom stereocenters. The first-order valence-electron chi connectivity index (χ1n) is 4.80. The number of nitrogens with one attached hydrogen (secondary N) is 1. The van der Waals surface area contributed by atoms with E-state index in [0.717, 1.165) is 0 Å². The lowest BCUT2D eigenvalue weighted by molar-refractivity contribution is 0.628. The van der Waals surface area contributed by atoms with E-state index in [1.807, 2.05) is 0 Å². The molecule has 5 N–H and O–H groups in total. The summed E-state index contributed by atoms with van der Waals surface area (Å²) in [4.78, 5) is 4.00. The summed E-state index contributed by atoms with van der Waals surface area (Å²) in [6.45, 7) is 0. The average molecular weight is 253 g/mol. The Labute approximate surface area is 102 Å². The van der Waals surface area contributed by atoms with Gasteiger partial charge in [-0.3, -0.25) is 0 Å². The second-order valence-corrected chi connectivity index (χ2v) is 3.83.